The molecule has 19 heavy (non-hydrogen) atoms. The van der Waals surface area contributed by atoms with E-state index in [0.717, 1.165) is 17.2 Å². The Labute approximate surface area is 127 Å². The molecule has 0 fully saturated rings. The Bertz CT molecular complexity index is 462. The van der Waals surface area contributed by atoms with Crippen molar-refractivity contribution in [3.8, 4) is 0 Å². The molecule has 0 radical (unpaired) electrons. The summed E-state index contributed by atoms with van der Waals surface area (Å²) in [6, 6.07) is 0.309. The quantitative estimate of drug-likeness (QED) is 0.822. The molecule has 1 aromatic heterocycles. The van der Waals surface area contributed by atoms with Crippen molar-refractivity contribution in [3.63, 3.8) is 0 Å². The highest BCUT2D eigenvalue weighted by atomic mass is 79.9. The molecule has 6 heteroatoms. The molecule has 1 rings (SSSR count). The van der Waals surface area contributed by atoms with E-state index in [-0.39, 0.29) is 5.56 Å². The van der Waals surface area contributed by atoms with Crippen molar-refractivity contribution in [1.82, 2.24) is 9.78 Å². The van der Waals surface area contributed by atoms with Gasteiger partial charge in [-0.25, -0.2) is 4.68 Å². The molecule has 1 atom stereocenters. The zero-order valence-electron chi connectivity index (χ0n) is 11.9. The van der Waals surface area contributed by atoms with Crippen molar-refractivity contribution in [3.05, 3.63) is 21.0 Å². The zero-order valence-corrected chi connectivity index (χ0v) is 14.3. The largest absolute Gasteiger partial charge is 0.379 e. The van der Waals surface area contributed by atoms with Gasteiger partial charge in [0.2, 0.25) is 0 Å². The van der Waals surface area contributed by atoms with Gasteiger partial charge in [0.05, 0.1) is 11.9 Å². The summed E-state index contributed by atoms with van der Waals surface area (Å²) in [6.45, 7) is 9.02. The number of aromatic nitrogens is 2. The van der Waals surface area contributed by atoms with Crippen LogP contribution in [0.4, 0.5) is 5.69 Å². The predicted molar refractivity (Wildman–Crippen MR) is 87.1 cm³/mol. The van der Waals surface area contributed by atoms with E-state index in [1.807, 2.05) is 11.8 Å². The first-order valence-electron chi connectivity index (χ1n) is 6.55. The molecule has 0 aromatic carbocycles. The molecule has 0 amide bonds. The lowest BCUT2D eigenvalue weighted by molar-refractivity contribution is 0.462. The van der Waals surface area contributed by atoms with Crippen LogP contribution in [-0.4, -0.2) is 27.3 Å². The van der Waals surface area contributed by atoms with Gasteiger partial charge < -0.3 is 5.32 Å². The second-order valence-corrected chi connectivity index (χ2v) is 7.07. The van der Waals surface area contributed by atoms with Crippen LogP contribution >= 0.6 is 27.7 Å². The summed E-state index contributed by atoms with van der Waals surface area (Å²) in [4.78, 5) is 12.1. The summed E-state index contributed by atoms with van der Waals surface area (Å²) in [5.74, 6) is 2.51. The van der Waals surface area contributed by atoms with E-state index < -0.39 is 0 Å². The number of hydrogen-bond acceptors (Lipinski definition) is 4. The van der Waals surface area contributed by atoms with E-state index in [1.165, 1.54) is 4.68 Å². The Morgan fingerprint density at radius 3 is 2.74 bits per heavy atom. The number of hydrogen-bond donors (Lipinski definition) is 1. The van der Waals surface area contributed by atoms with Crippen LogP contribution in [0.2, 0.25) is 0 Å². The van der Waals surface area contributed by atoms with Gasteiger partial charge in [-0.3, -0.25) is 4.79 Å². The van der Waals surface area contributed by atoms with Gasteiger partial charge in [-0.05, 0) is 34.5 Å². The van der Waals surface area contributed by atoms with Crippen molar-refractivity contribution in [2.75, 3.05) is 16.8 Å². The molecule has 1 heterocycles. The van der Waals surface area contributed by atoms with Gasteiger partial charge in [-0.1, -0.05) is 20.8 Å². The van der Waals surface area contributed by atoms with Crippen LogP contribution in [0.1, 0.15) is 27.7 Å². The third-order valence-corrected chi connectivity index (χ3v) is 4.41. The average Bonchev–Trinajstić information content (AvgIpc) is 2.35. The van der Waals surface area contributed by atoms with Crippen molar-refractivity contribution >= 4 is 33.4 Å². The highest BCUT2D eigenvalue weighted by molar-refractivity contribution is 9.10. The van der Waals surface area contributed by atoms with Crippen LogP contribution in [0.25, 0.3) is 0 Å². The van der Waals surface area contributed by atoms with Crippen molar-refractivity contribution in [1.29, 1.82) is 0 Å². The van der Waals surface area contributed by atoms with E-state index in [1.54, 1.807) is 6.20 Å². The summed E-state index contributed by atoms with van der Waals surface area (Å²) < 4.78 is 2.07. The van der Waals surface area contributed by atoms with Crippen LogP contribution in [0.5, 0.6) is 0 Å². The summed E-state index contributed by atoms with van der Waals surface area (Å²) >= 11 is 5.25. The van der Waals surface area contributed by atoms with Gasteiger partial charge >= 0.3 is 0 Å². The molecule has 0 aliphatic heterocycles. The number of nitrogens with zero attached hydrogens (tertiary/aromatic N) is 2. The molecular weight excluding hydrogens is 326 g/mol. The Morgan fingerprint density at radius 1 is 1.47 bits per heavy atom. The van der Waals surface area contributed by atoms with Gasteiger partial charge in [0, 0.05) is 18.3 Å². The molecule has 0 aliphatic carbocycles. The van der Waals surface area contributed by atoms with E-state index in [4.69, 9.17) is 0 Å². The summed E-state index contributed by atoms with van der Waals surface area (Å²) in [7, 11) is 0. The van der Waals surface area contributed by atoms with Gasteiger partial charge in [0.15, 0.2) is 0 Å². The van der Waals surface area contributed by atoms with Gasteiger partial charge in [0.25, 0.3) is 5.56 Å². The molecule has 1 aromatic rings. The molecule has 0 aliphatic rings. The van der Waals surface area contributed by atoms with Gasteiger partial charge in [-0.2, -0.15) is 16.9 Å². The van der Waals surface area contributed by atoms with Crippen molar-refractivity contribution in [2.45, 2.75) is 40.3 Å². The van der Waals surface area contributed by atoms with Crippen LogP contribution in [0, 0.1) is 5.92 Å². The Hall–Kier alpha value is -0.490. The second-order valence-electron chi connectivity index (χ2n) is 4.96. The fraction of sp³-hybridized carbons (Fsp3) is 0.692. The Morgan fingerprint density at radius 2 is 2.16 bits per heavy atom. The average molecular weight is 348 g/mol. The fourth-order valence-electron chi connectivity index (χ4n) is 1.64. The van der Waals surface area contributed by atoms with Gasteiger partial charge in [-0.15, -0.1) is 0 Å². The SMILES string of the molecule is CCSCC(C)Nc1cnn(CC(C)C)c(=O)c1Br. The smallest absolute Gasteiger partial charge is 0.283 e. The zero-order chi connectivity index (χ0) is 14.4. The van der Waals surface area contributed by atoms with Crippen LogP contribution in [-0.2, 0) is 6.54 Å². The van der Waals surface area contributed by atoms with Gasteiger partial charge in [0.1, 0.15) is 4.47 Å². The first-order chi connectivity index (χ1) is 8.95. The van der Waals surface area contributed by atoms with Crippen LogP contribution in [0.15, 0.2) is 15.5 Å². The molecule has 4 nitrogen and oxygen atoms in total. The van der Waals surface area contributed by atoms with E-state index in [2.05, 4.69) is 54.0 Å². The topological polar surface area (TPSA) is 46.9 Å². The fourth-order valence-corrected chi connectivity index (χ4v) is 2.74. The first-order valence-corrected chi connectivity index (χ1v) is 8.50. The molecular formula is C13H22BrN3OS. The van der Waals surface area contributed by atoms with Crippen LogP contribution in [0.3, 0.4) is 0 Å². The summed E-state index contributed by atoms with van der Waals surface area (Å²) in [5.41, 5.74) is 0.697. The maximum atomic E-state index is 12.1. The highest BCUT2D eigenvalue weighted by Crippen LogP contribution is 2.18. The van der Waals surface area contributed by atoms with E-state index in [9.17, 15) is 4.79 Å². The normalized spacial score (nSPS) is 12.7. The lowest BCUT2D eigenvalue weighted by atomic mass is 10.2. The lowest BCUT2D eigenvalue weighted by Gasteiger charge is -2.16. The maximum absolute atomic E-state index is 12.1. The monoisotopic (exact) mass is 347 g/mol. The minimum atomic E-state index is -0.0750. The molecule has 0 spiro atoms. The Balaban J connectivity index is 2.81. The first kappa shape index (κ1) is 16.6. The number of halogens is 1. The number of rotatable bonds is 7. The molecule has 0 saturated heterocycles. The number of anilines is 1. The second kappa shape index (κ2) is 7.94. The summed E-state index contributed by atoms with van der Waals surface area (Å²) in [5, 5.41) is 7.54. The van der Waals surface area contributed by atoms with E-state index >= 15 is 0 Å². The molecule has 0 saturated carbocycles. The van der Waals surface area contributed by atoms with E-state index in [0.29, 0.717) is 23.0 Å². The third-order valence-electron chi connectivity index (χ3n) is 2.50. The lowest BCUT2D eigenvalue weighted by Crippen LogP contribution is -2.28. The van der Waals surface area contributed by atoms with Crippen molar-refractivity contribution in [2.24, 2.45) is 5.92 Å². The minimum Gasteiger partial charge on any atom is -0.379 e. The highest BCUT2D eigenvalue weighted by Gasteiger charge is 2.11. The number of thioether (sulfide) groups is 1. The standard InChI is InChI=1S/C13H22BrN3OS/c1-5-19-8-10(4)16-11-6-15-17(7-9(2)3)13(18)12(11)14/h6,9-10,16H,5,7-8H2,1-4H3. The molecule has 1 unspecified atom stereocenters. The molecule has 108 valence electrons. The Kier molecular flexibility index (Phi) is 6.93. The summed E-state index contributed by atoms with van der Waals surface area (Å²) in [6.07, 6.45) is 1.72. The number of nitrogens with one attached hydrogen (secondary N) is 1. The predicted octanol–water partition coefficient (Wildman–Crippen LogP) is 3.22. The molecule has 0 bridgehead atoms. The maximum Gasteiger partial charge on any atom is 0.283 e. The minimum absolute atomic E-state index is 0.0750. The third kappa shape index (κ3) is 5.18. The van der Waals surface area contributed by atoms with Crippen molar-refractivity contribution < 1.29 is 0 Å². The van der Waals surface area contributed by atoms with Crippen LogP contribution < -0.4 is 10.9 Å². The molecule has 1 N–H and O–H groups in total.